The number of aliphatic carboxylic acids is 1. The lowest BCUT2D eigenvalue weighted by atomic mass is 9.98. The molecule has 1 aromatic heterocycles. The van der Waals surface area contributed by atoms with Crippen LogP contribution < -0.4 is 5.32 Å². The van der Waals surface area contributed by atoms with E-state index >= 15 is 0 Å². The molecule has 102 valence electrons. The summed E-state index contributed by atoms with van der Waals surface area (Å²) in [5.74, 6) is 0.148. The van der Waals surface area contributed by atoms with Crippen molar-refractivity contribution in [2.45, 2.75) is 25.4 Å². The van der Waals surface area contributed by atoms with Crippen LogP contribution >= 0.6 is 0 Å². The summed E-state index contributed by atoms with van der Waals surface area (Å²) in [6, 6.07) is 0. The van der Waals surface area contributed by atoms with Gasteiger partial charge in [0.05, 0.1) is 6.54 Å². The molecular weight excluding hydrogens is 232 g/mol. The summed E-state index contributed by atoms with van der Waals surface area (Å²) >= 11 is 0. The average molecular weight is 254 g/mol. The summed E-state index contributed by atoms with van der Waals surface area (Å²) in [5, 5.41) is 12.0. The van der Waals surface area contributed by atoms with Crippen molar-refractivity contribution in [1.82, 2.24) is 19.8 Å². The Kier molecular flexibility index (Phi) is 4.86. The second kappa shape index (κ2) is 5.97. The highest BCUT2D eigenvalue weighted by molar-refractivity contribution is 5.78. The van der Waals surface area contributed by atoms with Crippen molar-refractivity contribution in [2.24, 2.45) is 7.05 Å². The van der Waals surface area contributed by atoms with Gasteiger partial charge in [0.25, 0.3) is 0 Å². The van der Waals surface area contributed by atoms with E-state index in [1.54, 1.807) is 20.2 Å². The second-order valence-corrected chi connectivity index (χ2v) is 4.83. The van der Waals surface area contributed by atoms with Crippen LogP contribution in [0.2, 0.25) is 0 Å². The maximum atomic E-state index is 11.1. The normalized spacial score (nSPS) is 14.7. The van der Waals surface area contributed by atoms with Gasteiger partial charge < -0.3 is 15.0 Å². The van der Waals surface area contributed by atoms with Gasteiger partial charge in [0, 0.05) is 26.0 Å². The molecule has 1 aromatic rings. The predicted molar refractivity (Wildman–Crippen MR) is 69.3 cm³/mol. The number of carbonyl (C=O) groups is 1. The molecule has 0 aliphatic rings. The number of hydrogen-bond donors (Lipinski definition) is 2. The second-order valence-electron chi connectivity index (χ2n) is 4.83. The summed E-state index contributed by atoms with van der Waals surface area (Å²) in [5.41, 5.74) is -0.879. The average Bonchev–Trinajstić information content (AvgIpc) is 2.71. The fraction of sp³-hybridized carbons (Fsp3) is 0.667. The first-order valence-corrected chi connectivity index (χ1v) is 5.96. The molecule has 1 unspecified atom stereocenters. The maximum Gasteiger partial charge on any atom is 0.323 e. The van der Waals surface area contributed by atoms with Crippen LogP contribution in [0, 0.1) is 0 Å². The Labute approximate surface area is 108 Å². The topological polar surface area (TPSA) is 70.4 Å². The monoisotopic (exact) mass is 254 g/mol. The third-order valence-electron chi connectivity index (χ3n) is 3.35. The van der Waals surface area contributed by atoms with Crippen molar-refractivity contribution >= 4 is 5.97 Å². The minimum atomic E-state index is -0.879. The van der Waals surface area contributed by atoms with E-state index in [1.165, 1.54) is 0 Å². The minimum Gasteiger partial charge on any atom is -0.480 e. The molecule has 1 atom stereocenters. The first kappa shape index (κ1) is 14.7. The molecule has 0 saturated carbocycles. The van der Waals surface area contributed by atoms with Crippen LogP contribution in [-0.2, 0) is 18.4 Å². The van der Waals surface area contributed by atoms with Gasteiger partial charge in [-0.05, 0) is 27.4 Å². The summed E-state index contributed by atoms with van der Waals surface area (Å²) in [4.78, 5) is 17.5. The number of hydrogen-bond acceptors (Lipinski definition) is 4. The molecule has 18 heavy (non-hydrogen) atoms. The lowest BCUT2D eigenvalue weighted by Crippen LogP contribution is -2.49. The molecule has 0 bridgehead atoms. The number of carboxylic acid groups (broad SMARTS) is 1. The highest BCUT2D eigenvalue weighted by atomic mass is 16.4. The molecule has 6 nitrogen and oxygen atoms in total. The van der Waals surface area contributed by atoms with E-state index in [9.17, 15) is 4.79 Å². The number of carboxylic acids is 1. The summed E-state index contributed by atoms with van der Waals surface area (Å²) < 4.78 is 1.96. The summed E-state index contributed by atoms with van der Waals surface area (Å²) in [6.45, 7) is 3.10. The van der Waals surface area contributed by atoms with Gasteiger partial charge in [-0.1, -0.05) is 0 Å². The number of aromatic nitrogens is 2. The molecule has 6 heteroatoms. The van der Waals surface area contributed by atoms with Gasteiger partial charge in [0.1, 0.15) is 11.4 Å². The molecule has 0 spiro atoms. The van der Waals surface area contributed by atoms with E-state index in [0.717, 1.165) is 5.82 Å². The highest BCUT2D eigenvalue weighted by Gasteiger charge is 2.30. The largest absolute Gasteiger partial charge is 0.480 e. The third kappa shape index (κ3) is 3.54. The Bertz CT molecular complexity index is 405. The van der Waals surface area contributed by atoms with Gasteiger partial charge in [0.15, 0.2) is 0 Å². The maximum absolute atomic E-state index is 11.1. The van der Waals surface area contributed by atoms with Crippen LogP contribution in [0.15, 0.2) is 12.4 Å². The molecule has 0 fully saturated rings. The standard InChI is InChI=1S/C12H22N4O2/c1-12(13-2,11(17)18)5-7-15(3)9-10-14-6-8-16(10)4/h6,8,13H,5,7,9H2,1-4H3,(H,17,18). The summed E-state index contributed by atoms with van der Waals surface area (Å²) in [6.07, 6.45) is 4.20. The molecule has 2 N–H and O–H groups in total. The van der Waals surface area contributed by atoms with E-state index in [1.807, 2.05) is 24.9 Å². The van der Waals surface area contributed by atoms with Crippen LogP contribution in [0.25, 0.3) is 0 Å². The molecule has 0 aliphatic carbocycles. The first-order valence-electron chi connectivity index (χ1n) is 5.96. The number of nitrogens with zero attached hydrogens (tertiary/aromatic N) is 3. The Hall–Kier alpha value is -1.40. The zero-order valence-corrected chi connectivity index (χ0v) is 11.5. The first-order chi connectivity index (χ1) is 8.39. The Balaban J connectivity index is 2.49. The lowest BCUT2D eigenvalue weighted by molar-refractivity contribution is -0.144. The third-order valence-corrected chi connectivity index (χ3v) is 3.35. The van der Waals surface area contributed by atoms with Gasteiger partial charge in [0.2, 0.25) is 0 Å². The number of likely N-dealkylation sites (N-methyl/N-ethyl adjacent to an activating group) is 1. The zero-order valence-electron chi connectivity index (χ0n) is 11.5. The van der Waals surface area contributed by atoms with Crippen LogP contribution in [0.1, 0.15) is 19.2 Å². The molecule has 0 radical (unpaired) electrons. The van der Waals surface area contributed by atoms with Gasteiger partial charge in [-0.2, -0.15) is 0 Å². The molecule has 0 saturated heterocycles. The van der Waals surface area contributed by atoms with E-state index in [2.05, 4.69) is 15.2 Å². The minimum absolute atomic E-state index is 0.541. The number of nitrogens with one attached hydrogen (secondary N) is 1. The van der Waals surface area contributed by atoms with Crippen molar-refractivity contribution in [1.29, 1.82) is 0 Å². The smallest absolute Gasteiger partial charge is 0.323 e. The van der Waals surface area contributed by atoms with Gasteiger partial charge >= 0.3 is 5.97 Å². The number of imidazole rings is 1. The molecular formula is C12H22N4O2. The van der Waals surface area contributed by atoms with Gasteiger partial charge in [-0.25, -0.2) is 4.98 Å². The van der Waals surface area contributed by atoms with Crippen molar-refractivity contribution in [3.8, 4) is 0 Å². The molecule has 0 aliphatic heterocycles. The van der Waals surface area contributed by atoms with E-state index < -0.39 is 11.5 Å². The van der Waals surface area contributed by atoms with E-state index in [4.69, 9.17) is 5.11 Å². The van der Waals surface area contributed by atoms with Gasteiger partial charge in [-0.15, -0.1) is 0 Å². The zero-order chi connectivity index (χ0) is 13.8. The summed E-state index contributed by atoms with van der Waals surface area (Å²) in [7, 11) is 5.59. The molecule has 0 amide bonds. The number of aryl methyl sites for hydroxylation is 1. The van der Waals surface area contributed by atoms with Crippen LogP contribution in [-0.4, -0.2) is 51.7 Å². The Morgan fingerprint density at radius 1 is 1.67 bits per heavy atom. The number of rotatable bonds is 7. The molecule has 1 heterocycles. The van der Waals surface area contributed by atoms with Crippen molar-refractivity contribution in [3.63, 3.8) is 0 Å². The Morgan fingerprint density at radius 3 is 2.78 bits per heavy atom. The molecule has 0 aromatic carbocycles. The van der Waals surface area contributed by atoms with E-state index in [0.29, 0.717) is 19.5 Å². The fourth-order valence-electron chi connectivity index (χ4n) is 1.62. The van der Waals surface area contributed by atoms with Crippen molar-refractivity contribution < 1.29 is 9.90 Å². The predicted octanol–water partition coefficient (Wildman–Crippen LogP) is 0.305. The highest BCUT2D eigenvalue weighted by Crippen LogP contribution is 2.11. The van der Waals surface area contributed by atoms with Gasteiger partial charge in [-0.3, -0.25) is 9.69 Å². The van der Waals surface area contributed by atoms with Crippen LogP contribution in [0.5, 0.6) is 0 Å². The SMILES string of the molecule is CNC(C)(CCN(C)Cc1nccn1C)C(=O)O. The fourth-order valence-corrected chi connectivity index (χ4v) is 1.62. The van der Waals surface area contributed by atoms with Crippen LogP contribution in [0.3, 0.4) is 0 Å². The Morgan fingerprint density at radius 2 is 2.33 bits per heavy atom. The van der Waals surface area contributed by atoms with Crippen molar-refractivity contribution in [3.05, 3.63) is 18.2 Å². The quantitative estimate of drug-likeness (QED) is 0.732. The lowest BCUT2D eigenvalue weighted by Gasteiger charge is -2.26. The van der Waals surface area contributed by atoms with E-state index in [-0.39, 0.29) is 0 Å². The van der Waals surface area contributed by atoms with Crippen molar-refractivity contribution in [2.75, 3.05) is 20.6 Å². The molecule has 1 rings (SSSR count). The van der Waals surface area contributed by atoms with Crippen LogP contribution in [0.4, 0.5) is 0 Å².